The number of amides is 2. The van der Waals surface area contributed by atoms with Crippen molar-refractivity contribution in [2.75, 3.05) is 0 Å². The van der Waals surface area contributed by atoms with Crippen LogP contribution in [0.3, 0.4) is 0 Å². The molecule has 0 bridgehead atoms. The first-order valence-corrected chi connectivity index (χ1v) is 4.62. The van der Waals surface area contributed by atoms with Gasteiger partial charge in [0.2, 0.25) is 0 Å². The Labute approximate surface area is 107 Å². The van der Waals surface area contributed by atoms with Crippen LogP contribution >= 0.6 is 0 Å². The van der Waals surface area contributed by atoms with E-state index in [1.807, 2.05) is 0 Å². The number of carbonyl (C=O) groups is 2. The highest BCUT2D eigenvalue weighted by Gasteiger charge is 2.27. The predicted molar refractivity (Wildman–Crippen MR) is 52.1 cm³/mol. The number of nitrogens with zero attached hydrogens (tertiary/aromatic N) is 6. The molecule has 4 N–H and O–H groups in total. The summed E-state index contributed by atoms with van der Waals surface area (Å²) in [6, 6.07) is 0. The average Bonchev–Trinajstić information content (AvgIpc) is 2.89. The van der Waals surface area contributed by atoms with Gasteiger partial charge in [0.15, 0.2) is 0 Å². The zero-order valence-electron chi connectivity index (χ0n) is 9.29. The maximum absolute atomic E-state index is 11.0. The number of aromatic nitrogens is 4. The Morgan fingerprint density at radius 3 is 1.60 bits per heavy atom. The number of hydrogen-bond acceptors (Lipinski definition) is 10. The number of hydrogen-bond donors (Lipinski definition) is 2. The molecule has 2 aromatic heterocycles. The van der Waals surface area contributed by atoms with Gasteiger partial charge in [0.05, 0.1) is 10.3 Å². The van der Waals surface area contributed by atoms with Crippen molar-refractivity contribution < 1.29 is 28.7 Å². The summed E-state index contributed by atoms with van der Waals surface area (Å²) >= 11 is 0. The number of primary amides is 2. The molecule has 0 atom stereocenters. The maximum Gasteiger partial charge on any atom is 0.364 e. The zero-order valence-corrected chi connectivity index (χ0v) is 9.29. The minimum absolute atomic E-state index is 0.289. The standard InChI is InChI=1S/C6H4N8O6/c7-3(15)1-5(11-19-13(1)17)9-10-6-2(4(8)16)14(18)20-12-6/h(H2,7,15)(H2,8,16). The van der Waals surface area contributed by atoms with Crippen molar-refractivity contribution in [1.29, 1.82) is 0 Å². The van der Waals surface area contributed by atoms with Gasteiger partial charge < -0.3 is 21.9 Å². The van der Waals surface area contributed by atoms with Crippen LogP contribution in [0, 0.1) is 10.4 Å². The van der Waals surface area contributed by atoms with Crippen molar-refractivity contribution in [2.24, 2.45) is 21.7 Å². The fraction of sp³-hybridized carbons (Fsp3) is 0. The maximum atomic E-state index is 11.0. The zero-order chi connectivity index (χ0) is 14.9. The number of azo groups is 1. The van der Waals surface area contributed by atoms with E-state index in [2.05, 4.69) is 29.8 Å². The fourth-order valence-electron chi connectivity index (χ4n) is 1.11. The van der Waals surface area contributed by atoms with E-state index in [9.17, 15) is 20.0 Å². The molecule has 2 aromatic rings. The van der Waals surface area contributed by atoms with Crippen LogP contribution < -0.4 is 21.3 Å². The van der Waals surface area contributed by atoms with Crippen molar-refractivity contribution >= 4 is 23.5 Å². The van der Waals surface area contributed by atoms with Crippen molar-refractivity contribution in [3.8, 4) is 0 Å². The van der Waals surface area contributed by atoms with Gasteiger partial charge in [-0.3, -0.25) is 18.8 Å². The van der Waals surface area contributed by atoms with E-state index < -0.39 is 34.8 Å². The van der Waals surface area contributed by atoms with Gasteiger partial charge in [-0.2, -0.15) is 0 Å². The monoisotopic (exact) mass is 284 g/mol. The fourth-order valence-corrected chi connectivity index (χ4v) is 1.11. The van der Waals surface area contributed by atoms with Crippen LogP contribution in [0.15, 0.2) is 19.5 Å². The van der Waals surface area contributed by atoms with E-state index in [1.54, 1.807) is 0 Å². The Morgan fingerprint density at radius 2 is 1.30 bits per heavy atom. The first-order valence-electron chi connectivity index (χ1n) is 4.62. The summed E-state index contributed by atoms with van der Waals surface area (Å²) < 4.78 is 8.16. The smallest absolute Gasteiger partial charge is 0.362 e. The molecule has 2 rings (SSSR count). The van der Waals surface area contributed by atoms with Gasteiger partial charge >= 0.3 is 23.0 Å². The minimum atomic E-state index is -1.18. The van der Waals surface area contributed by atoms with Crippen LogP contribution in [-0.4, -0.2) is 22.1 Å². The van der Waals surface area contributed by atoms with Gasteiger partial charge in [-0.1, -0.05) is 10.2 Å². The van der Waals surface area contributed by atoms with Gasteiger partial charge in [0, 0.05) is 0 Å². The molecule has 0 saturated heterocycles. The largest absolute Gasteiger partial charge is 0.364 e. The van der Waals surface area contributed by atoms with E-state index in [1.165, 1.54) is 0 Å². The van der Waals surface area contributed by atoms with E-state index in [4.69, 9.17) is 11.5 Å². The molecular formula is C6H4N8O6. The van der Waals surface area contributed by atoms with E-state index >= 15 is 0 Å². The summed E-state index contributed by atoms with van der Waals surface area (Å²) in [6.45, 7) is 0. The van der Waals surface area contributed by atoms with Gasteiger partial charge in [-0.05, 0) is 9.81 Å². The second-order valence-corrected chi connectivity index (χ2v) is 3.13. The number of rotatable bonds is 4. The highest BCUT2D eigenvalue weighted by molar-refractivity contribution is 5.93. The van der Waals surface area contributed by atoms with Crippen LogP contribution in [-0.2, 0) is 0 Å². The summed E-state index contributed by atoms with van der Waals surface area (Å²) in [5, 5.41) is 34.7. The van der Waals surface area contributed by atoms with E-state index in [0.29, 0.717) is 0 Å². The summed E-state index contributed by atoms with van der Waals surface area (Å²) in [4.78, 5) is 21.3. The molecule has 14 heteroatoms. The normalized spacial score (nSPS) is 11.0. The average molecular weight is 284 g/mol. The molecule has 14 nitrogen and oxygen atoms in total. The molecule has 0 saturated carbocycles. The van der Waals surface area contributed by atoms with Crippen LogP contribution in [0.2, 0.25) is 0 Å². The van der Waals surface area contributed by atoms with Crippen LogP contribution in [0.4, 0.5) is 11.6 Å². The Balaban J connectivity index is 2.40. The molecule has 0 spiro atoms. The lowest BCUT2D eigenvalue weighted by Gasteiger charge is -1.88. The quantitative estimate of drug-likeness (QED) is 0.451. The van der Waals surface area contributed by atoms with Crippen LogP contribution in [0.1, 0.15) is 21.0 Å². The molecule has 0 aliphatic rings. The topological polar surface area (TPSA) is 217 Å². The number of carbonyl (C=O) groups excluding carboxylic acids is 2. The lowest BCUT2D eigenvalue weighted by molar-refractivity contribution is -0.803. The highest BCUT2D eigenvalue weighted by Crippen LogP contribution is 2.18. The summed E-state index contributed by atoms with van der Waals surface area (Å²) in [5.74, 6) is -3.51. The van der Waals surface area contributed by atoms with Crippen LogP contribution in [0.5, 0.6) is 0 Å². The molecule has 0 unspecified atom stereocenters. The van der Waals surface area contributed by atoms with Crippen molar-refractivity contribution in [3.63, 3.8) is 0 Å². The molecule has 0 fully saturated rings. The first-order chi connectivity index (χ1) is 9.41. The summed E-state index contributed by atoms with van der Waals surface area (Å²) in [7, 11) is 0. The first kappa shape index (κ1) is 12.9. The van der Waals surface area contributed by atoms with Gasteiger partial charge in [0.25, 0.3) is 11.8 Å². The van der Waals surface area contributed by atoms with Crippen molar-refractivity contribution in [3.05, 3.63) is 21.8 Å². The third-order valence-electron chi connectivity index (χ3n) is 1.90. The molecule has 20 heavy (non-hydrogen) atoms. The van der Waals surface area contributed by atoms with Crippen molar-refractivity contribution in [2.45, 2.75) is 0 Å². The van der Waals surface area contributed by atoms with Crippen LogP contribution in [0.25, 0.3) is 0 Å². The van der Waals surface area contributed by atoms with Gasteiger partial charge in [0.1, 0.15) is 0 Å². The lowest BCUT2D eigenvalue weighted by Crippen LogP contribution is -2.34. The Hall–Kier alpha value is -3.58. The van der Waals surface area contributed by atoms with Gasteiger partial charge in [-0.25, -0.2) is 0 Å². The lowest BCUT2D eigenvalue weighted by atomic mass is 10.4. The Bertz CT molecular complexity index is 655. The Morgan fingerprint density at radius 1 is 0.950 bits per heavy atom. The second-order valence-electron chi connectivity index (χ2n) is 3.13. The highest BCUT2D eigenvalue weighted by atomic mass is 16.8. The van der Waals surface area contributed by atoms with E-state index in [0.717, 1.165) is 0 Å². The second kappa shape index (κ2) is 4.59. The molecule has 104 valence electrons. The molecule has 0 radical (unpaired) electrons. The predicted octanol–water partition coefficient (Wildman–Crippen LogP) is -2.46. The SMILES string of the molecule is NC(=O)c1c(N=Nc2no[n+]([O-])c2C(N)=O)no[n+]1[O-]. The molecule has 0 aliphatic heterocycles. The third kappa shape index (κ3) is 2.07. The number of nitrogens with two attached hydrogens (primary N) is 2. The van der Waals surface area contributed by atoms with Gasteiger partial charge in [-0.15, -0.1) is 0 Å². The summed E-state index contributed by atoms with van der Waals surface area (Å²) in [5.41, 5.74) is 8.32. The third-order valence-corrected chi connectivity index (χ3v) is 1.90. The minimum Gasteiger partial charge on any atom is -0.362 e. The molecule has 2 heterocycles. The molecule has 0 aromatic carbocycles. The molecule has 2 amide bonds. The van der Waals surface area contributed by atoms with E-state index in [-0.39, 0.29) is 9.81 Å². The Kier molecular flexibility index (Phi) is 2.96. The summed E-state index contributed by atoms with van der Waals surface area (Å²) in [6.07, 6.45) is 0. The van der Waals surface area contributed by atoms with Crippen molar-refractivity contribution in [1.82, 2.24) is 10.3 Å². The molecule has 0 aliphatic carbocycles. The molecular weight excluding hydrogens is 280 g/mol.